The third kappa shape index (κ3) is 8.71. The summed E-state index contributed by atoms with van der Waals surface area (Å²) in [6.07, 6.45) is 0.484. The van der Waals surface area contributed by atoms with Crippen molar-refractivity contribution in [2.24, 2.45) is 5.16 Å². The van der Waals surface area contributed by atoms with Crippen molar-refractivity contribution in [3.05, 3.63) is 40.4 Å². The number of nitrogens with one attached hydrogen (secondary N) is 4. The second kappa shape index (κ2) is 14.6. The van der Waals surface area contributed by atoms with E-state index >= 15 is 0 Å². The highest BCUT2D eigenvalue weighted by molar-refractivity contribution is 7.80. The summed E-state index contributed by atoms with van der Waals surface area (Å²) in [6, 6.07) is 5.34. The average Bonchev–Trinajstić information content (AvgIpc) is 3.40. The predicted molar refractivity (Wildman–Crippen MR) is 168 cm³/mol. The van der Waals surface area contributed by atoms with E-state index < -0.39 is 58.2 Å². The van der Waals surface area contributed by atoms with Crippen LogP contribution in [0.15, 0.2) is 29.4 Å². The van der Waals surface area contributed by atoms with Crippen molar-refractivity contribution < 1.29 is 46.3 Å². The largest absolute Gasteiger partial charge is 0.489 e. The first-order valence-corrected chi connectivity index (χ1v) is 16.6. The summed E-state index contributed by atoms with van der Waals surface area (Å²) in [7, 11) is -5.02. The van der Waals surface area contributed by atoms with Crippen LogP contribution in [0, 0.1) is 5.41 Å². The van der Waals surface area contributed by atoms with Crippen molar-refractivity contribution in [3.8, 4) is 5.75 Å². The van der Waals surface area contributed by atoms with Gasteiger partial charge in [-0.15, -0.1) is 15.6 Å². The van der Waals surface area contributed by atoms with Gasteiger partial charge in [0, 0.05) is 16.5 Å². The fourth-order valence-electron chi connectivity index (χ4n) is 4.81. The van der Waals surface area contributed by atoms with Gasteiger partial charge < -0.3 is 36.4 Å². The molecule has 4 rings (SSSR count). The Kier molecular flexibility index (Phi) is 11.0. The molecule has 2 aliphatic heterocycles. The maximum atomic E-state index is 13.4. The molecule has 256 valence electrons. The standard InChI is InChI=1S/C27H36N8O10S2/c1-4-18-19(32-26(29)46-18)20(23(36)33-21-24(37)35(27(21,2)3)45-47(40,41)42)34-44-17(25(38)39)13-43-16-7-5-14(6-8-16)22(28)31-15-9-11-30-12-10-15/h5-8,15,17,21,30H,4,9-13H2,1-3H3,(H2,28,31)(H2,29,32)(H,33,36)(H,38,39)(H,40,41,42). The Bertz CT molecular complexity index is 1640. The number of oxime groups is 1. The van der Waals surface area contributed by atoms with Gasteiger partial charge in [-0.1, -0.05) is 12.1 Å². The van der Waals surface area contributed by atoms with Crippen LogP contribution in [0.4, 0.5) is 5.13 Å². The number of benzene rings is 1. The van der Waals surface area contributed by atoms with Gasteiger partial charge in [0.25, 0.3) is 17.9 Å². The number of carbonyl (C=O) groups is 3. The van der Waals surface area contributed by atoms with Crippen molar-refractivity contribution in [2.75, 3.05) is 25.4 Å². The normalized spacial score (nSPS) is 19.0. The van der Waals surface area contributed by atoms with Gasteiger partial charge in [-0.25, -0.2) is 9.78 Å². The highest BCUT2D eigenvalue weighted by Gasteiger charge is 2.58. The summed E-state index contributed by atoms with van der Waals surface area (Å²) in [4.78, 5) is 48.0. The minimum absolute atomic E-state index is 0.00989. The number of hydrogen-bond acceptors (Lipinski definition) is 14. The van der Waals surface area contributed by atoms with Crippen LogP contribution < -0.4 is 26.4 Å². The first-order valence-electron chi connectivity index (χ1n) is 14.4. The first kappa shape index (κ1) is 35.5. The molecule has 0 saturated carbocycles. The van der Waals surface area contributed by atoms with Crippen LogP contribution in [-0.2, 0) is 40.3 Å². The van der Waals surface area contributed by atoms with E-state index in [0.717, 1.165) is 37.3 Å². The number of nitrogens with zero attached hydrogens (tertiary/aromatic N) is 3. The van der Waals surface area contributed by atoms with Crippen LogP contribution in [0.25, 0.3) is 0 Å². The molecule has 0 spiro atoms. The van der Waals surface area contributed by atoms with Gasteiger partial charge in [0.05, 0.1) is 5.54 Å². The second-order valence-corrected chi connectivity index (χ2v) is 13.2. The summed E-state index contributed by atoms with van der Waals surface area (Å²) < 4.78 is 41.2. The number of thiazole rings is 1. The SMILES string of the molecule is CCc1sc(N)nc1C(=NOC(COc1ccc(C(=N)NC2CCNCC2)cc1)C(=O)O)C(=O)NC1C(=O)N(OS(=O)(=O)O)C1(C)C. The van der Waals surface area contributed by atoms with Crippen molar-refractivity contribution in [2.45, 2.75) is 63.8 Å². The summed E-state index contributed by atoms with van der Waals surface area (Å²) >= 11 is 1.06. The van der Waals surface area contributed by atoms with E-state index in [-0.39, 0.29) is 22.7 Å². The number of nitrogens with two attached hydrogens (primary N) is 1. The summed E-state index contributed by atoms with van der Waals surface area (Å²) in [6.45, 7) is 5.74. The lowest BCUT2D eigenvalue weighted by atomic mass is 9.84. The number of amides is 2. The number of aromatic nitrogens is 1. The lowest BCUT2D eigenvalue weighted by Gasteiger charge is -2.50. The number of aliphatic carboxylic acids is 1. The molecular weight excluding hydrogens is 660 g/mol. The fraction of sp³-hybridized carbons (Fsp3) is 0.481. The van der Waals surface area contributed by atoms with E-state index in [9.17, 15) is 27.9 Å². The van der Waals surface area contributed by atoms with E-state index in [1.165, 1.54) is 13.8 Å². The topological polar surface area (TPSA) is 268 Å². The number of carbonyl (C=O) groups excluding carboxylic acids is 2. The molecule has 2 aromatic rings. The van der Waals surface area contributed by atoms with E-state index in [1.54, 1.807) is 31.2 Å². The van der Waals surface area contributed by atoms with E-state index in [4.69, 9.17) is 25.3 Å². The highest BCUT2D eigenvalue weighted by Crippen LogP contribution is 2.33. The number of aryl methyl sites for hydroxylation is 1. The maximum absolute atomic E-state index is 13.4. The summed E-state index contributed by atoms with van der Waals surface area (Å²) in [5, 5.41) is 31.3. The molecule has 20 heteroatoms. The molecule has 47 heavy (non-hydrogen) atoms. The Morgan fingerprint density at radius 2 is 1.91 bits per heavy atom. The molecule has 2 amide bonds. The number of carboxylic acids is 1. The summed E-state index contributed by atoms with van der Waals surface area (Å²) in [5.41, 5.74) is 4.54. The minimum atomic E-state index is -5.02. The zero-order valence-corrected chi connectivity index (χ0v) is 27.3. The van der Waals surface area contributed by atoms with Gasteiger partial charge in [-0.2, -0.15) is 13.5 Å². The van der Waals surface area contributed by atoms with E-state index in [0.29, 0.717) is 27.7 Å². The molecular formula is C27H36N8O10S2. The molecule has 2 saturated heterocycles. The van der Waals surface area contributed by atoms with Crippen molar-refractivity contribution in [1.82, 2.24) is 26.0 Å². The third-order valence-electron chi connectivity index (χ3n) is 7.37. The Hall–Kier alpha value is -4.37. The number of hydroxylamine groups is 2. The molecule has 0 bridgehead atoms. The number of ether oxygens (including phenoxy) is 1. The van der Waals surface area contributed by atoms with Crippen molar-refractivity contribution >= 4 is 56.2 Å². The highest BCUT2D eigenvalue weighted by atomic mass is 32.3. The van der Waals surface area contributed by atoms with Gasteiger partial charge in [0.1, 0.15) is 29.9 Å². The average molecular weight is 697 g/mol. The second-order valence-electron chi connectivity index (χ2n) is 11.1. The Morgan fingerprint density at radius 3 is 2.49 bits per heavy atom. The lowest BCUT2D eigenvalue weighted by molar-refractivity contribution is -0.218. The van der Waals surface area contributed by atoms with Crippen LogP contribution in [-0.4, -0.2) is 101 Å². The van der Waals surface area contributed by atoms with Crippen LogP contribution >= 0.6 is 11.3 Å². The number of nitrogen functional groups attached to an aromatic ring is 1. The van der Waals surface area contributed by atoms with Crippen LogP contribution in [0.2, 0.25) is 0 Å². The van der Waals surface area contributed by atoms with Crippen LogP contribution in [0.1, 0.15) is 49.7 Å². The van der Waals surface area contributed by atoms with Gasteiger partial charge >= 0.3 is 16.4 Å². The molecule has 2 fully saturated rings. The number of β-lactam (4-membered cyclic amide) rings is 1. The molecule has 1 aromatic carbocycles. The van der Waals surface area contributed by atoms with Gasteiger partial charge in [0.15, 0.2) is 10.8 Å². The molecule has 2 aliphatic rings. The minimum Gasteiger partial charge on any atom is -0.489 e. The van der Waals surface area contributed by atoms with Crippen LogP contribution in [0.3, 0.4) is 0 Å². The summed E-state index contributed by atoms with van der Waals surface area (Å²) in [5.74, 6) is -2.91. The number of piperidine rings is 1. The number of anilines is 1. The Balaban J connectivity index is 1.46. The lowest BCUT2D eigenvalue weighted by Crippen LogP contribution is -2.76. The quantitative estimate of drug-likeness (QED) is 0.0452. The smallest absolute Gasteiger partial charge is 0.418 e. The first-order chi connectivity index (χ1) is 22.1. The van der Waals surface area contributed by atoms with E-state index in [2.05, 4.69) is 30.4 Å². The zero-order valence-electron chi connectivity index (χ0n) is 25.7. The number of hydrogen-bond donors (Lipinski definition) is 7. The third-order valence-corrected chi connectivity index (χ3v) is 8.74. The number of carboxylic acid groups (broad SMARTS) is 1. The zero-order chi connectivity index (χ0) is 34.5. The monoisotopic (exact) mass is 696 g/mol. The van der Waals surface area contributed by atoms with Crippen LogP contribution in [0.5, 0.6) is 5.75 Å². The Labute approximate surface area is 274 Å². The number of rotatable bonds is 14. The molecule has 2 atom stereocenters. The Morgan fingerprint density at radius 1 is 1.26 bits per heavy atom. The maximum Gasteiger partial charge on any atom is 0.418 e. The molecule has 2 unspecified atom stereocenters. The van der Waals surface area contributed by atoms with Gasteiger partial charge in [0.2, 0.25) is 0 Å². The molecule has 18 nitrogen and oxygen atoms in total. The van der Waals surface area contributed by atoms with Gasteiger partial charge in [-0.3, -0.25) is 19.6 Å². The molecule has 3 heterocycles. The van der Waals surface area contributed by atoms with Gasteiger partial charge in [-0.05, 0) is 70.5 Å². The molecule has 0 radical (unpaired) electrons. The predicted octanol–water partition coefficient (Wildman–Crippen LogP) is 0.0476. The van der Waals surface area contributed by atoms with E-state index in [1.807, 2.05) is 0 Å². The van der Waals surface area contributed by atoms with Crippen molar-refractivity contribution in [3.63, 3.8) is 0 Å². The molecule has 0 aliphatic carbocycles. The molecule has 1 aromatic heterocycles. The molecule has 8 N–H and O–H groups in total. The fourth-order valence-corrected chi connectivity index (χ4v) is 6.04. The number of amidine groups is 1. The van der Waals surface area contributed by atoms with Crippen molar-refractivity contribution in [1.29, 1.82) is 5.41 Å².